The Morgan fingerprint density at radius 1 is 1.09 bits per heavy atom. The number of halogens is 2. The molecule has 6 nitrogen and oxygen atoms in total. The molecule has 4 amide bonds. The zero-order chi connectivity index (χ0) is 15.9. The van der Waals surface area contributed by atoms with Crippen LogP contribution < -0.4 is 10.6 Å². The molecule has 1 spiro atoms. The van der Waals surface area contributed by atoms with Crippen LogP contribution in [0.3, 0.4) is 0 Å². The van der Waals surface area contributed by atoms with Gasteiger partial charge in [0.1, 0.15) is 17.2 Å². The number of nitrogens with zero attached hydrogens (tertiary/aromatic N) is 1. The van der Waals surface area contributed by atoms with Gasteiger partial charge in [0.25, 0.3) is 11.8 Å². The minimum atomic E-state index is -0.985. The van der Waals surface area contributed by atoms with Crippen molar-refractivity contribution in [3.8, 4) is 0 Å². The number of hydrogen-bond donors (Lipinski definition) is 2. The first-order chi connectivity index (χ1) is 10.4. The molecule has 0 saturated carbocycles. The van der Waals surface area contributed by atoms with E-state index in [4.69, 9.17) is 0 Å². The average molecular weight is 309 g/mol. The molecular formula is C14H13F2N3O3. The van der Waals surface area contributed by atoms with Crippen LogP contribution in [0.4, 0.5) is 13.6 Å². The van der Waals surface area contributed by atoms with Gasteiger partial charge in [-0.2, -0.15) is 0 Å². The third-order valence-electron chi connectivity index (χ3n) is 4.03. The highest BCUT2D eigenvalue weighted by atomic mass is 19.1. The van der Waals surface area contributed by atoms with E-state index in [1.165, 1.54) is 4.90 Å². The largest absolute Gasteiger partial charge is 0.338 e. The average Bonchev–Trinajstić information content (AvgIpc) is 2.72. The van der Waals surface area contributed by atoms with Crippen LogP contribution in [0, 0.1) is 11.6 Å². The predicted molar refractivity (Wildman–Crippen MR) is 70.9 cm³/mol. The molecule has 2 heterocycles. The fourth-order valence-corrected chi connectivity index (χ4v) is 2.83. The number of rotatable bonds is 1. The number of carbonyl (C=O) groups excluding carboxylic acids is 3. The van der Waals surface area contributed by atoms with Gasteiger partial charge in [0, 0.05) is 24.7 Å². The number of piperidine rings is 1. The van der Waals surface area contributed by atoms with Crippen molar-refractivity contribution >= 4 is 17.8 Å². The highest BCUT2D eigenvalue weighted by molar-refractivity contribution is 6.07. The molecule has 0 bridgehead atoms. The first-order valence-corrected chi connectivity index (χ1v) is 6.79. The first kappa shape index (κ1) is 14.4. The van der Waals surface area contributed by atoms with E-state index >= 15 is 0 Å². The molecule has 8 heteroatoms. The lowest BCUT2D eigenvalue weighted by atomic mass is 9.87. The van der Waals surface area contributed by atoms with Crippen LogP contribution in [0.5, 0.6) is 0 Å². The van der Waals surface area contributed by atoms with Crippen molar-refractivity contribution in [1.29, 1.82) is 0 Å². The molecule has 22 heavy (non-hydrogen) atoms. The minimum Gasteiger partial charge on any atom is -0.338 e. The Bertz CT molecular complexity index is 649. The van der Waals surface area contributed by atoms with Gasteiger partial charge in [-0.05, 0) is 25.0 Å². The van der Waals surface area contributed by atoms with Crippen LogP contribution in [0.2, 0.25) is 0 Å². The van der Waals surface area contributed by atoms with Crippen LogP contribution in [0.15, 0.2) is 18.2 Å². The van der Waals surface area contributed by atoms with Gasteiger partial charge in [-0.25, -0.2) is 13.6 Å². The lowest BCUT2D eigenvalue weighted by molar-refractivity contribution is -0.125. The van der Waals surface area contributed by atoms with Crippen molar-refractivity contribution in [2.24, 2.45) is 0 Å². The minimum absolute atomic E-state index is 0.0756. The number of carbonyl (C=O) groups is 3. The molecule has 0 aliphatic carbocycles. The maximum atomic E-state index is 13.2. The predicted octanol–water partition coefficient (Wildman–Crippen LogP) is 0.779. The van der Waals surface area contributed by atoms with Crippen molar-refractivity contribution in [1.82, 2.24) is 15.5 Å². The van der Waals surface area contributed by atoms with Crippen LogP contribution in [0.1, 0.15) is 23.2 Å². The lowest BCUT2D eigenvalue weighted by Crippen LogP contribution is -2.55. The Balaban J connectivity index is 1.72. The summed E-state index contributed by atoms with van der Waals surface area (Å²) >= 11 is 0. The van der Waals surface area contributed by atoms with Gasteiger partial charge in [-0.1, -0.05) is 0 Å². The molecule has 1 aromatic rings. The van der Waals surface area contributed by atoms with Gasteiger partial charge in [-0.3, -0.25) is 14.9 Å². The van der Waals surface area contributed by atoms with E-state index in [9.17, 15) is 23.2 Å². The highest BCUT2D eigenvalue weighted by Crippen LogP contribution is 2.26. The Kier molecular flexibility index (Phi) is 3.31. The normalized spacial score (nSPS) is 20.0. The lowest BCUT2D eigenvalue weighted by Gasteiger charge is -2.37. The number of urea groups is 1. The van der Waals surface area contributed by atoms with Crippen molar-refractivity contribution in [2.75, 3.05) is 13.1 Å². The van der Waals surface area contributed by atoms with Gasteiger partial charge in [0.05, 0.1) is 0 Å². The van der Waals surface area contributed by atoms with E-state index in [-0.39, 0.29) is 31.5 Å². The molecule has 2 saturated heterocycles. The molecule has 0 unspecified atom stereocenters. The standard InChI is InChI=1S/C14H13F2N3O3/c15-9-5-8(6-10(16)7-9)11(20)19-3-1-14(2-4-19)12(21)17-13(22)18-14/h5-7H,1-4H2,(H2,17,18,21,22). The summed E-state index contributed by atoms with van der Waals surface area (Å²) in [6.45, 7) is 0.426. The van der Waals surface area contributed by atoms with Gasteiger partial charge in [-0.15, -0.1) is 0 Å². The first-order valence-electron chi connectivity index (χ1n) is 6.79. The summed E-state index contributed by atoms with van der Waals surface area (Å²) in [4.78, 5) is 36.7. The van der Waals surface area contributed by atoms with Crippen LogP contribution in [-0.4, -0.2) is 41.4 Å². The van der Waals surface area contributed by atoms with Gasteiger partial charge in [0.15, 0.2) is 0 Å². The number of nitrogens with one attached hydrogen (secondary N) is 2. The highest BCUT2D eigenvalue weighted by Gasteiger charge is 2.48. The number of amides is 4. The van der Waals surface area contributed by atoms with Crippen molar-refractivity contribution in [2.45, 2.75) is 18.4 Å². The molecule has 116 valence electrons. The Labute approximate surface area is 124 Å². The van der Waals surface area contributed by atoms with Crippen LogP contribution >= 0.6 is 0 Å². The summed E-state index contributed by atoms with van der Waals surface area (Å²) in [6.07, 6.45) is 0.516. The fraction of sp³-hybridized carbons (Fsp3) is 0.357. The van der Waals surface area contributed by atoms with Crippen molar-refractivity contribution < 1.29 is 23.2 Å². The third kappa shape index (κ3) is 2.40. The molecule has 3 rings (SSSR count). The summed E-state index contributed by atoms with van der Waals surface area (Å²) in [7, 11) is 0. The molecule has 0 aromatic heterocycles. The van der Waals surface area contributed by atoms with E-state index in [1.807, 2.05) is 0 Å². The summed E-state index contributed by atoms with van der Waals surface area (Å²) in [5.41, 5.74) is -1.06. The number of likely N-dealkylation sites (tertiary alicyclic amines) is 1. The Hall–Kier alpha value is -2.51. The summed E-state index contributed by atoms with van der Waals surface area (Å²) in [5.74, 6) is -2.54. The summed E-state index contributed by atoms with van der Waals surface area (Å²) in [6, 6.07) is 2.09. The van der Waals surface area contributed by atoms with E-state index in [1.54, 1.807) is 0 Å². The second-order valence-corrected chi connectivity index (χ2v) is 5.44. The zero-order valence-corrected chi connectivity index (χ0v) is 11.5. The molecule has 1 aromatic carbocycles. The second-order valence-electron chi connectivity index (χ2n) is 5.44. The van der Waals surface area contributed by atoms with Crippen LogP contribution in [-0.2, 0) is 4.79 Å². The molecule has 2 aliphatic heterocycles. The van der Waals surface area contributed by atoms with Crippen molar-refractivity contribution in [3.05, 3.63) is 35.4 Å². The second kappa shape index (κ2) is 5.04. The molecular weight excluding hydrogens is 296 g/mol. The Morgan fingerprint density at radius 2 is 1.68 bits per heavy atom. The SMILES string of the molecule is O=C1NC(=O)C2(CCN(C(=O)c3cc(F)cc(F)c3)CC2)N1. The topological polar surface area (TPSA) is 78.5 Å². The molecule has 2 N–H and O–H groups in total. The van der Waals surface area contributed by atoms with Gasteiger partial charge >= 0.3 is 6.03 Å². The number of benzene rings is 1. The van der Waals surface area contributed by atoms with E-state index in [2.05, 4.69) is 10.6 Å². The maximum absolute atomic E-state index is 13.2. The Morgan fingerprint density at radius 3 is 2.18 bits per heavy atom. The van der Waals surface area contributed by atoms with Crippen molar-refractivity contribution in [3.63, 3.8) is 0 Å². The maximum Gasteiger partial charge on any atom is 0.322 e. The molecule has 0 atom stereocenters. The monoisotopic (exact) mass is 309 g/mol. The summed E-state index contributed by atoms with van der Waals surface area (Å²) in [5, 5.41) is 4.76. The van der Waals surface area contributed by atoms with Gasteiger partial charge in [0.2, 0.25) is 0 Å². The van der Waals surface area contributed by atoms with E-state index < -0.39 is 35.0 Å². The number of imide groups is 1. The molecule has 0 radical (unpaired) electrons. The van der Waals surface area contributed by atoms with E-state index in [0.717, 1.165) is 12.1 Å². The quantitative estimate of drug-likeness (QED) is 0.753. The molecule has 2 fully saturated rings. The summed E-state index contributed by atoms with van der Waals surface area (Å²) < 4.78 is 26.4. The number of hydrogen-bond acceptors (Lipinski definition) is 3. The third-order valence-corrected chi connectivity index (χ3v) is 4.03. The smallest absolute Gasteiger partial charge is 0.322 e. The fourth-order valence-electron chi connectivity index (χ4n) is 2.83. The zero-order valence-electron chi connectivity index (χ0n) is 11.5. The van der Waals surface area contributed by atoms with Crippen LogP contribution in [0.25, 0.3) is 0 Å². The molecule has 2 aliphatic rings. The van der Waals surface area contributed by atoms with Gasteiger partial charge < -0.3 is 10.2 Å². The van der Waals surface area contributed by atoms with E-state index in [0.29, 0.717) is 6.07 Å².